The van der Waals surface area contributed by atoms with Gasteiger partial charge >= 0.3 is 18.9 Å². The van der Waals surface area contributed by atoms with Crippen LogP contribution in [0.4, 0.5) is 0 Å². The standard InChI is InChI=1S/C18H32B.Li/c1-12-16-10-13(18(16,2)3)11-17(12)19-14-6-4-7-15(19)9-5-8-14;/h12-17,19H,4-11H2,1-3H3;/q-1;+1. The van der Waals surface area contributed by atoms with E-state index in [-0.39, 0.29) is 25.6 Å². The minimum absolute atomic E-state index is 0. The number of hydrogen-bond acceptors (Lipinski definition) is 0. The quantitative estimate of drug-likeness (QED) is 0.639. The second-order valence-electron chi connectivity index (χ2n) is 9.52. The van der Waals surface area contributed by atoms with Crippen molar-refractivity contribution in [3.8, 4) is 0 Å². The molecule has 20 heavy (non-hydrogen) atoms. The van der Waals surface area contributed by atoms with Crippen molar-refractivity contribution in [2.75, 3.05) is 0 Å². The van der Waals surface area contributed by atoms with Gasteiger partial charge < -0.3 is 0 Å². The Labute approximate surface area is 138 Å². The Bertz CT molecular complexity index is 344. The van der Waals surface area contributed by atoms with E-state index in [9.17, 15) is 0 Å². The van der Waals surface area contributed by atoms with Crippen molar-refractivity contribution in [2.45, 2.75) is 89.6 Å². The molecule has 108 valence electrons. The normalized spacial score (nSPS) is 52.6. The molecule has 0 aromatic heterocycles. The van der Waals surface area contributed by atoms with Gasteiger partial charge in [0, 0.05) is 0 Å². The fraction of sp³-hybridized carbons (Fsp3) is 1.00. The number of hydrogen-bond donors (Lipinski definition) is 0. The van der Waals surface area contributed by atoms with Crippen molar-refractivity contribution in [3.05, 3.63) is 0 Å². The molecule has 0 spiro atoms. The van der Waals surface area contributed by atoms with E-state index in [0.29, 0.717) is 5.41 Å². The zero-order chi connectivity index (χ0) is 13.2. The Balaban J connectivity index is 0.00000121. The van der Waals surface area contributed by atoms with Crippen molar-refractivity contribution in [1.82, 2.24) is 0 Å². The molecule has 4 atom stereocenters. The maximum atomic E-state index is 2.64. The molecule has 5 aliphatic rings. The van der Waals surface area contributed by atoms with Crippen molar-refractivity contribution < 1.29 is 18.9 Å². The van der Waals surface area contributed by atoms with Gasteiger partial charge in [0.2, 0.25) is 0 Å². The van der Waals surface area contributed by atoms with Gasteiger partial charge in [-0.05, 0) is 30.4 Å². The van der Waals surface area contributed by atoms with E-state index in [4.69, 9.17) is 0 Å². The molecule has 3 aliphatic carbocycles. The first-order valence-corrected chi connectivity index (χ1v) is 9.31. The van der Waals surface area contributed by atoms with Crippen LogP contribution in [0.25, 0.3) is 0 Å². The van der Waals surface area contributed by atoms with Crippen LogP contribution in [0.2, 0.25) is 17.5 Å². The zero-order valence-electron chi connectivity index (χ0n) is 14.3. The summed E-state index contributed by atoms with van der Waals surface area (Å²) in [5.74, 6) is 6.83. The van der Waals surface area contributed by atoms with Crippen molar-refractivity contribution >= 4 is 6.71 Å². The molecule has 5 rings (SSSR count). The van der Waals surface area contributed by atoms with Crippen LogP contribution in [-0.4, -0.2) is 6.71 Å². The molecule has 0 nitrogen and oxygen atoms in total. The maximum absolute atomic E-state index is 2.64. The molecule has 0 N–H and O–H groups in total. The average molecular weight is 266 g/mol. The van der Waals surface area contributed by atoms with Gasteiger partial charge in [-0.2, -0.15) is 17.5 Å². The third kappa shape index (κ3) is 2.10. The predicted molar refractivity (Wildman–Crippen MR) is 85.3 cm³/mol. The summed E-state index contributed by atoms with van der Waals surface area (Å²) in [6, 6.07) is 0. The van der Waals surface area contributed by atoms with Crippen LogP contribution in [0.3, 0.4) is 0 Å². The third-order valence-corrected chi connectivity index (χ3v) is 8.90. The summed E-state index contributed by atoms with van der Waals surface area (Å²) in [5.41, 5.74) is 0.694. The first-order chi connectivity index (χ1) is 9.09. The Kier molecular flexibility index (Phi) is 4.19. The molecule has 0 aromatic rings. The van der Waals surface area contributed by atoms with Gasteiger partial charge in [-0.25, -0.2) is 0 Å². The van der Waals surface area contributed by atoms with Crippen molar-refractivity contribution in [1.29, 1.82) is 0 Å². The third-order valence-electron chi connectivity index (χ3n) is 8.90. The SMILES string of the molecule is CC1C([BH-]2C3CCCC2CCC3)CC2CC1C2(C)C.[Li+]. The van der Waals surface area contributed by atoms with Crippen molar-refractivity contribution in [3.63, 3.8) is 0 Å². The molecular weight excluding hydrogens is 234 g/mol. The van der Waals surface area contributed by atoms with Crippen LogP contribution >= 0.6 is 0 Å². The summed E-state index contributed by atoms with van der Waals surface area (Å²) >= 11 is 0. The molecule has 0 aromatic carbocycles. The molecule has 3 saturated carbocycles. The summed E-state index contributed by atoms with van der Waals surface area (Å²) in [4.78, 5) is 0. The summed E-state index contributed by atoms with van der Waals surface area (Å²) in [7, 11) is 0. The molecule has 4 bridgehead atoms. The summed E-state index contributed by atoms with van der Waals surface area (Å²) < 4.78 is 0. The van der Waals surface area contributed by atoms with Crippen molar-refractivity contribution in [2.24, 2.45) is 23.2 Å². The number of rotatable bonds is 1. The maximum Gasteiger partial charge on any atom is 1.00 e. The van der Waals surface area contributed by atoms with Crippen LogP contribution in [0.15, 0.2) is 0 Å². The molecule has 2 heteroatoms. The van der Waals surface area contributed by atoms with E-state index in [1.807, 2.05) is 0 Å². The van der Waals surface area contributed by atoms with Gasteiger partial charge in [0.15, 0.2) is 0 Å². The summed E-state index contributed by atoms with van der Waals surface area (Å²) in [6.07, 6.45) is 12.8. The molecule has 4 unspecified atom stereocenters. The Morgan fingerprint density at radius 3 is 1.90 bits per heavy atom. The van der Waals surface area contributed by atoms with E-state index in [1.54, 1.807) is 51.4 Å². The van der Waals surface area contributed by atoms with E-state index in [1.165, 1.54) is 17.5 Å². The van der Waals surface area contributed by atoms with E-state index < -0.39 is 0 Å². The van der Waals surface area contributed by atoms with Gasteiger partial charge in [-0.3, -0.25) is 0 Å². The molecule has 0 amide bonds. The van der Waals surface area contributed by atoms with Gasteiger partial charge in [0.05, 0.1) is 0 Å². The smallest absolute Gasteiger partial charge is 0.169 e. The topological polar surface area (TPSA) is 0 Å². The average Bonchev–Trinajstić information content (AvgIpc) is 2.37. The van der Waals surface area contributed by atoms with Crippen LogP contribution in [-0.2, 0) is 0 Å². The fourth-order valence-corrected chi connectivity index (χ4v) is 7.83. The molecule has 5 fully saturated rings. The fourth-order valence-electron chi connectivity index (χ4n) is 7.83. The second-order valence-corrected chi connectivity index (χ2v) is 9.52. The second kappa shape index (κ2) is 5.38. The molecular formula is C18H32BLi. The van der Waals surface area contributed by atoms with Crippen LogP contribution in [0.1, 0.15) is 72.1 Å². The molecule has 2 heterocycles. The zero-order valence-corrected chi connectivity index (χ0v) is 14.3. The summed E-state index contributed by atoms with van der Waals surface area (Å²) in [6.45, 7) is 7.96. The largest absolute Gasteiger partial charge is 1.00 e. The van der Waals surface area contributed by atoms with Gasteiger partial charge in [0.25, 0.3) is 0 Å². The van der Waals surface area contributed by atoms with Crippen LogP contribution in [0, 0.1) is 23.2 Å². The molecule has 2 aliphatic heterocycles. The number of fused-ring (bicyclic) bond motifs is 5. The minimum Gasteiger partial charge on any atom is -0.169 e. The first-order valence-electron chi connectivity index (χ1n) is 9.31. The van der Waals surface area contributed by atoms with E-state index >= 15 is 0 Å². The Morgan fingerprint density at radius 1 is 0.900 bits per heavy atom. The van der Waals surface area contributed by atoms with Gasteiger partial charge in [0.1, 0.15) is 0 Å². The summed E-state index contributed by atoms with van der Waals surface area (Å²) in [5, 5.41) is 0. The predicted octanol–water partition coefficient (Wildman–Crippen LogP) is 2.40. The Hall–Kier alpha value is 0.662. The van der Waals surface area contributed by atoms with E-state index in [0.717, 1.165) is 17.8 Å². The monoisotopic (exact) mass is 266 g/mol. The van der Waals surface area contributed by atoms with Gasteiger partial charge in [-0.15, -0.1) is 0 Å². The van der Waals surface area contributed by atoms with E-state index in [2.05, 4.69) is 20.8 Å². The molecule has 0 radical (unpaired) electrons. The minimum atomic E-state index is 0. The first kappa shape index (κ1) is 15.6. The van der Waals surface area contributed by atoms with Gasteiger partial charge in [-0.1, -0.05) is 71.6 Å². The molecule has 2 saturated heterocycles. The Morgan fingerprint density at radius 2 is 1.45 bits per heavy atom. The van der Waals surface area contributed by atoms with Crippen LogP contribution < -0.4 is 18.9 Å². The van der Waals surface area contributed by atoms with Crippen LogP contribution in [0.5, 0.6) is 0 Å².